The Morgan fingerprint density at radius 2 is 2.06 bits per heavy atom. The number of likely N-dealkylation sites (N-methyl/N-ethyl adjacent to an activating group) is 1. The molecule has 0 spiro atoms. The number of β-amino-alcohol motifs (C(OH)–C–C–N with tert-alkyl or cyclic N) is 1. The number of hydrogen-bond donors (Lipinski definition) is 2. The van der Waals surface area contributed by atoms with Crippen molar-refractivity contribution in [1.29, 1.82) is 0 Å². The molecule has 1 heterocycles. The molecule has 2 N–H and O–H groups in total. The van der Waals surface area contributed by atoms with Crippen LogP contribution in [0.4, 0.5) is 0 Å². The van der Waals surface area contributed by atoms with Crippen LogP contribution in [0.1, 0.15) is 36.8 Å². The monoisotopic (exact) mass is 476 g/mol. The standard InChI is InChI=1S/C29H36N2O4/c1-4-16-31-17-15-28(23-8-6-9-25(32)19-23)20-24(13-14-29(28,34)21-31)30(2)27(33)12-11-22-7-5-10-26(18-22)35-3/h4-12,18-19,24,32,34H,1,13-17,20-21H2,2-3H3/b12-11+. The van der Waals surface area contributed by atoms with Crippen LogP contribution in [0.25, 0.3) is 6.08 Å². The summed E-state index contributed by atoms with van der Waals surface area (Å²) in [6.07, 6.45) is 7.97. The zero-order valence-corrected chi connectivity index (χ0v) is 20.7. The maximum Gasteiger partial charge on any atom is 0.246 e. The van der Waals surface area contributed by atoms with Crippen molar-refractivity contribution >= 4 is 12.0 Å². The van der Waals surface area contributed by atoms with E-state index in [4.69, 9.17) is 4.74 Å². The Labute approximate surface area is 208 Å². The number of fused-ring (bicyclic) bond motifs is 1. The quantitative estimate of drug-likeness (QED) is 0.467. The molecule has 2 aromatic rings. The zero-order chi connectivity index (χ0) is 25.1. The second-order valence-corrected chi connectivity index (χ2v) is 9.89. The van der Waals surface area contributed by atoms with Crippen LogP contribution in [-0.2, 0) is 10.2 Å². The third kappa shape index (κ3) is 5.00. The Balaban J connectivity index is 1.58. The van der Waals surface area contributed by atoms with Crippen LogP contribution in [0.15, 0.2) is 67.3 Å². The minimum atomic E-state index is -0.946. The first-order chi connectivity index (χ1) is 16.8. The average Bonchev–Trinajstić information content (AvgIpc) is 2.86. The summed E-state index contributed by atoms with van der Waals surface area (Å²) in [6, 6.07) is 14.8. The second-order valence-electron chi connectivity index (χ2n) is 9.89. The van der Waals surface area contributed by atoms with E-state index < -0.39 is 11.0 Å². The van der Waals surface area contributed by atoms with Crippen LogP contribution in [0.5, 0.6) is 11.5 Å². The Kier molecular flexibility index (Phi) is 7.33. The number of amides is 1. The van der Waals surface area contributed by atoms with Gasteiger partial charge in [-0.05, 0) is 73.7 Å². The molecule has 1 saturated carbocycles. The van der Waals surface area contributed by atoms with Crippen molar-refractivity contribution in [3.63, 3.8) is 0 Å². The molecule has 1 amide bonds. The fraction of sp³-hybridized carbons (Fsp3) is 0.414. The third-order valence-electron chi connectivity index (χ3n) is 7.90. The molecule has 186 valence electrons. The summed E-state index contributed by atoms with van der Waals surface area (Å²) in [7, 11) is 3.46. The van der Waals surface area contributed by atoms with Crippen LogP contribution < -0.4 is 4.74 Å². The number of benzene rings is 2. The van der Waals surface area contributed by atoms with E-state index in [-0.39, 0.29) is 17.7 Å². The minimum Gasteiger partial charge on any atom is -0.508 e. The molecule has 3 unspecified atom stereocenters. The summed E-state index contributed by atoms with van der Waals surface area (Å²) in [5.74, 6) is 0.870. The highest BCUT2D eigenvalue weighted by atomic mass is 16.5. The van der Waals surface area contributed by atoms with Crippen molar-refractivity contribution in [1.82, 2.24) is 9.80 Å². The van der Waals surface area contributed by atoms with Crippen LogP contribution in [0.3, 0.4) is 0 Å². The SMILES string of the molecule is C=CCN1CCC2(c3cccc(O)c3)CC(N(C)C(=O)/C=C/c3cccc(OC)c3)CCC2(O)C1. The van der Waals surface area contributed by atoms with Gasteiger partial charge in [0.2, 0.25) is 5.91 Å². The first-order valence-corrected chi connectivity index (χ1v) is 12.2. The molecule has 1 saturated heterocycles. The van der Waals surface area contributed by atoms with Gasteiger partial charge in [0.15, 0.2) is 0 Å². The van der Waals surface area contributed by atoms with Crippen molar-refractivity contribution in [2.75, 3.05) is 33.8 Å². The summed E-state index contributed by atoms with van der Waals surface area (Å²) in [4.78, 5) is 17.2. The Morgan fingerprint density at radius 3 is 2.80 bits per heavy atom. The first kappa shape index (κ1) is 25.0. The number of phenolic OH excluding ortho intramolecular Hbond substituents is 1. The Bertz CT molecular complexity index is 1100. The van der Waals surface area contributed by atoms with Crippen LogP contribution in [0, 0.1) is 0 Å². The molecule has 0 bridgehead atoms. The van der Waals surface area contributed by atoms with Gasteiger partial charge in [0.25, 0.3) is 0 Å². The van der Waals surface area contributed by atoms with Crippen molar-refractivity contribution in [2.24, 2.45) is 0 Å². The molecule has 35 heavy (non-hydrogen) atoms. The van der Waals surface area contributed by atoms with E-state index in [9.17, 15) is 15.0 Å². The lowest BCUT2D eigenvalue weighted by Gasteiger charge is -2.58. The summed E-state index contributed by atoms with van der Waals surface area (Å²) >= 11 is 0. The molecule has 2 fully saturated rings. The fourth-order valence-electron chi connectivity index (χ4n) is 5.92. The van der Waals surface area contributed by atoms with Gasteiger partial charge in [0.1, 0.15) is 11.5 Å². The van der Waals surface area contributed by atoms with Gasteiger partial charge in [-0.15, -0.1) is 6.58 Å². The number of nitrogens with zero attached hydrogens (tertiary/aromatic N) is 2. The topological polar surface area (TPSA) is 73.2 Å². The number of likely N-dealkylation sites (tertiary alicyclic amines) is 1. The van der Waals surface area contributed by atoms with Crippen molar-refractivity contribution in [3.8, 4) is 11.5 Å². The zero-order valence-electron chi connectivity index (χ0n) is 20.7. The summed E-state index contributed by atoms with van der Waals surface area (Å²) in [5.41, 5.74) is 0.349. The van der Waals surface area contributed by atoms with Gasteiger partial charge >= 0.3 is 0 Å². The van der Waals surface area contributed by atoms with Crippen LogP contribution in [0.2, 0.25) is 0 Å². The highest BCUT2D eigenvalue weighted by molar-refractivity contribution is 5.91. The normalized spacial score (nSPS) is 26.8. The summed E-state index contributed by atoms with van der Waals surface area (Å²) in [6.45, 7) is 5.96. The van der Waals surface area contributed by atoms with E-state index >= 15 is 0 Å². The minimum absolute atomic E-state index is 0.0222. The highest BCUT2D eigenvalue weighted by Crippen LogP contribution is 2.52. The molecular weight excluding hydrogens is 440 g/mol. The Hall–Kier alpha value is -3.09. The van der Waals surface area contributed by atoms with Gasteiger partial charge in [-0.3, -0.25) is 9.69 Å². The van der Waals surface area contributed by atoms with E-state index in [0.29, 0.717) is 25.8 Å². The van der Waals surface area contributed by atoms with Gasteiger partial charge < -0.3 is 19.8 Å². The summed E-state index contributed by atoms with van der Waals surface area (Å²) < 4.78 is 5.27. The molecule has 0 aromatic heterocycles. The summed E-state index contributed by atoms with van der Waals surface area (Å²) in [5, 5.41) is 22.3. The molecule has 2 aliphatic rings. The molecule has 4 rings (SSSR count). The number of piperidine rings is 1. The lowest BCUT2D eigenvalue weighted by Crippen LogP contribution is -2.67. The van der Waals surface area contributed by atoms with E-state index in [0.717, 1.165) is 36.4 Å². The number of ether oxygens (including phenoxy) is 1. The maximum absolute atomic E-state index is 13.1. The largest absolute Gasteiger partial charge is 0.508 e. The number of carbonyl (C=O) groups is 1. The number of rotatable bonds is 7. The molecule has 1 aliphatic carbocycles. The smallest absolute Gasteiger partial charge is 0.246 e. The van der Waals surface area contributed by atoms with Crippen molar-refractivity contribution < 1.29 is 19.7 Å². The van der Waals surface area contributed by atoms with Gasteiger partial charge in [-0.1, -0.05) is 30.3 Å². The number of aliphatic hydroxyl groups is 1. The number of aromatic hydroxyl groups is 1. The lowest BCUT2D eigenvalue weighted by atomic mass is 9.55. The molecule has 0 radical (unpaired) electrons. The highest BCUT2D eigenvalue weighted by Gasteiger charge is 2.58. The average molecular weight is 477 g/mol. The number of hydrogen-bond acceptors (Lipinski definition) is 5. The van der Waals surface area contributed by atoms with E-state index in [1.165, 1.54) is 0 Å². The molecule has 2 aromatic carbocycles. The van der Waals surface area contributed by atoms with Gasteiger partial charge in [-0.25, -0.2) is 0 Å². The molecule has 3 atom stereocenters. The van der Waals surface area contributed by atoms with Gasteiger partial charge in [-0.2, -0.15) is 0 Å². The molecular formula is C29H36N2O4. The van der Waals surface area contributed by atoms with Crippen molar-refractivity contribution in [3.05, 3.63) is 78.4 Å². The number of phenols is 1. The van der Waals surface area contributed by atoms with Crippen LogP contribution in [-0.4, -0.2) is 71.4 Å². The molecule has 6 nitrogen and oxygen atoms in total. The van der Waals surface area contributed by atoms with E-state index in [1.807, 2.05) is 49.5 Å². The van der Waals surface area contributed by atoms with Crippen molar-refractivity contribution in [2.45, 2.75) is 42.7 Å². The lowest BCUT2D eigenvalue weighted by molar-refractivity contribution is -0.143. The predicted octanol–water partition coefficient (Wildman–Crippen LogP) is 3.99. The first-order valence-electron chi connectivity index (χ1n) is 12.2. The van der Waals surface area contributed by atoms with E-state index in [1.54, 1.807) is 36.3 Å². The Morgan fingerprint density at radius 1 is 1.26 bits per heavy atom. The van der Waals surface area contributed by atoms with Crippen LogP contribution >= 0.6 is 0 Å². The second kappa shape index (κ2) is 10.3. The molecule has 1 aliphatic heterocycles. The molecule has 6 heteroatoms. The van der Waals surface area contributed by atoms with Gasteiger partial charge in [0, 0.05) is 37.7 Å². The number of carbonyl (C=O) groups excluding carboxylic acids is 1. The van der Waals surface area contributed by atoms with E-state index in [2.05, 4.69) is 11.5 Å². The third-order valence-corrected chi connectivity index (χ3v) is 7.90. The fourth-order valence-corrected chi connectivity index (χ4v) is 5.92. The predicted molar refractivity (Wildman–Crippen MR) is 138 cm³/mol. The number of methoxy groups -OCH3 is 1. The van der Waals surface area contributed by atoms with Gasteiger partial charge in [0.05, 0.1) is 12.7 Å². The maximum atomic E-state index is 13.1.